The zero-order valence-corrected chi connectivity index (χ0v) is 12.4. The highest BCUT2D eigenvalue weighted by Crippen LogP contribution is 2.43. The molecule has 9 heteroatoms. The van der Waals surface area contributed by atoms with Gasteiger partial charge in [0.05, 0.1) is 22.5 Å². The van der Waals surface area contributed by atoms with Crippen molar-refractivity contribution in [3.63, 3.8) is 0 Å². The summed E-state index contributed by atoms with van der Waals surface area (Å²) in [5.41, 5.74) is 4.82. The first-order valence-corrected chi connectivity index (χ1v) is 7.20. The quantitative estimate of drug-likeness (QED) is 0.882. The average Bonchev–Trinajstić information content (AvgIpc) is 2.70. The summed E-state index contributed by atoms with van der Waals surface area (Å²) in [5.74, 6) is -1.63. The van der Waals surface area contributed by atoms with E-state index in [1.165, 1.54) is 6.92 Å². The van der Waals surface area contributed by atoms with E-state index in [1.54, 1.807) is 0 Å². The number of carboxylic acid groups (broad SMARTS) is 1. The lowest BCUT2D eigenvalue weighted by atomic mass is 9.74. The molecule has 0 aromatic carbocycles. The van der Waals surface area contributed by atoms with Crippen LogP contribution in [0.4, 0.5) is 18.2 Å². The van der Waals surface area contributed by atoms with Gasteiger partial charge in [-0.2, -0.15) is 13.2 Å². The molecule has 3 N–H and O–H groups in total. The Bertz CT molecular complexity index is 626. The van der Waals surface area contributed by atoms with E-state index in [9.17, 15) is 22.8 Å². The Morgan fingerprint density at radius 3 is 2.68 bits per heavy atom. The number of hydrogen-bond acceptors (Lipinski definition) is 5. The standard InChI is InChI=1S/C13H14F3NO4S/c1-12(4-21-5-13(14,15)16)3-2-6-7(11(19)20)10(17)22-8(6)9(12)18/h2-5,17H2,1H3,(H,19,20). The zero-order chi connectivity index (χ0) is 16.7. The van der Waals surface area contributed by atoms with Crippen molar-refractivity contribution >= 4 is 28.1 Å². The number of ether oxygens (including phenoxy) is 1. The van der Waals surface area contributed by atoms with Crippen LogP contribution in [0.15, 0.2) is 0 Å². The maximum Gasteiger partial charge on any atom is 0.411 e. The first kappa shape index (κ1) is 16.8. The number of hydrogen-bond donors (Lipinski definition) is 2. The van der Waals surface area contributed by atoms with Crippen molar-refractivity contribution in [2.24, 2.45) is 5.41 Å². The number of halogens is 3. The van der Waals surface area contributed by atoms with Crippen molar-refractivity contribution in [2.75, 3.05) is 18.9 Å². The van der Waals surface area contributed by atoms with Crippen molar-refractivity contribution in [2.45, 2.75) is 25.9 Å². The van der Waals surface area contributed by atoms with Crippen LogP contribution < -0.4 is 5.73 Å². The molecule has 1 heterocycles. The SMILES string of the molecule is CC1(COCC(F)(F)F)CCc2c(sc(N)c2C(=O)O)C1=O. The summed E-state index contributed by atoms with van der Waals surface area (Å²) in [6.07, 6.45) is -3.97. The maximum atomic E-state index is 12.5. The van der Waals surface area contributed by atoms with Crippen LogP contribution in [0.1, 0.15) is 38.9 Å². The van der Waals surface area contributed by atoms with Gasteiger partial charge >= 0.3 is 12.1 Å². The number of thiophene rings is 1. The molecule has 1 unspecified atom stereocenters. The number of nitrogen functional groups attached to an aromatic ring is 1. The van der Waals surface area contributed by atoms with Crippen LogP contribution in [-0.2, 0) is 11.2 Å². The third-order valence-electron chi connectivity index (χ3n) is 3.62. The van der Waals surface area contributed by atoms with E-state index < -0.39 is 30.0 Å². The van der Waals surface area contributed by atoms with Gasteiger partial charge < -0.3 is 15.6 Å². The van der Waals surface area contributed by atoms with Gasteiger partial charge in [-0.15, -0.1) is 11.3 Å². The van der Waals surface area contributed by atoms with E-state index in [0.29, 0.717) is 5.56 Å². The van der Waals surface area contributed by atoms with Crippen molar-refractivity contribution in [3.8, 4) is 0 Å². The lowest BCUT2D eigenvalue weighted by Gasteiger charge is -2.31. The van der Waals surface area contributed by atoms with Gasteiger partial charge in [0.2, 0.25) is 0 Å². The Hall–Kier alpha value is -1.61. The number of carbonyl (C=O) groups is 2. The number of Topliss-reactive ketones (excluding diaryl/α,β-unsaturated/α-hetero) is 1. The van der Waals surface area contributed by atoms with Crippen LogP contribution in [-0.4, -0.2) is 36.2 Å². The summed E-state index contributed by atoms with van der Waals surface area (Å²) in [6, 6.07) is 0. The molecular weight excluding hydrogens is 323 g/mol. The van der Waals surface area contributed by atoms with E-state index >= 15 is 0 Å². The Morgan fingerprint density at radius 1 is 1.50 bits per heavy atom. The predicted molar refractivity (Wildman–Crippen MR) is 73.3 cm³/mol. The maximum absolute atomic E-state index is 12.5. The first-order chi connectivity index (χ1) is 10.1. The molecule has 0 aliphatic heterocycles. The summed E-state index contributed by atoms with van der Waals surface area (Å²) < 4.78 is 41.0. The van der Waals surface area contributed by atoms with Gasteiger partial charge in [0.1, 0.15) is 11.6 Å². The minimum atomic E-state index is -4.46. The Morgan fingerprint density at radius 2 is 2.14 bits per heavy atom. The van der Waals surface area contributed by atoms with Crippen LogP contribution in [0.3, 0.4) is 0 Å². The van der Waals surface area contributed by atoms with E-state index in [2.05, 4.69) is 4.74 Å². The topological polar surface area (TPSA) is 89.6 Å². The van der Waals surface area contributed by atoms with Gasteiger partial charge in [-0.05, 0) is 18.4 Å². The largest absolute Gasteiger partial charge is 0.478 e. The molecule has 0 saturated carbocycles. The summed E-state index contributed by atoms with van der Waals surface area (Å²) in [6.45, 7) is -0.272. The molecule has 1 aliphatic rings. The number of ketones is 1. The molecule has 0 fully saturated rings. The minimum Gasteiger partial charge on any atom is -0.478 e. The van der Waals surface area contributed by atoms with Gasteiger partial charge in [-0.1, -0.05) is 6.92 Å². The Kier molecular flexibility index (Phi) is 4.22. The van der Waals surface area contributed by atoms with E-state index in [-0.39, 0.29) is 34.9 Å². The number of nitrogens with two attached hydrogens (primary N) is 1. The fourth-order valence-electron chi connectivity index (χ4n) is 2.46. The van der Waals surface area contributed by atoms with Gasteiger partial charge in [-0.25, -0.2) is 4.79 Å². The molecule has 0 amide bonds. The molecule has 0 saturated heterocycles. The number of carboxylic acids is 1. The van der Waals surface area contributed by atoms with Gasteiger partial charge in [0.15, 0.2) is 5.78 Å². The summed E-state index contributed by atoms with van der Waals surface area (Å²) >= 11 is 0.864. The summed E-state index contributed by atoms with van der Waals surface area (Å²) in [5, 5.41) is 9.16. The van der Waals surface area contributed by atoms with Crippen molar-refractivity contribution in [1.29, 1.82) is 0 Å². The lowest BCUT2D eigenvalue weighted by molar-refractivity contribution is -0.178. The molecule has 0 spiro atoms. The fourth-order valence-corrected chi connectivity index (χ4v) is 3.66. The van der Waals surface area contributed by atoms with Crippen LogP contribution >= 0.6 is 11.3 Å². The number of anilines is 1. The fraction of sp³-hybridized carbons (Fsp3) is 0.538. The van der Waals surface area contributed by atoms with E-state index in [4.69, 9.17) is 10.8 Å². The van der Waals surface area contributed by atoms with E-state index in [1.807, 2.05) is 0 Å². The van der Waals surface area contributed by atoms with Gasteiger partial charge in [0, 0.05) is 0 Å². The van der Waals surface area contributed by atoms with E-state index in [0.717, 1.165) is 11.3 Å². The van der Waals surface area contributed by atoms with Gasteiger partial charge in [0.25, 0.3) is 0 Å². The normalized spacial score (nSPS) is 21.7. The molecule has 0 radical (unpaired) electrons. The lowest BCUT2D eigenvalue weighted by Crippen LogP contribution is -2.38. The molecule has 122 valence electrons. The highest BCUT2D eigenvalue weighted by atomic mass is 32.1. The second-order valence-electron chi connectivity index (χ2n) is 5.45. The molecule has 1 aromatic heterocycles. The summed E-state index contributed by atoms with van der Waals surface area (Å²) in [4.78, 5) is 23.9. The highest BCUT2D eigenvalue weighted by molar-refractivity contribution is 7.18. The molecule has 1 atom stereocenters. The second-order valence-corrected chi connectivity index (χ2v) is 6.50. The average molecular weight is 337 g/mol. The highest BCUT2D eigenvalue weighted by Gasteiger charge is 2.43. The predicted octanol–water partition coefficient (Wildman–Crippen LogP) is 2.74. The molecule has 22 heavy (non-hydrogen) atoms. The van der Waals surface area contributed by atoms with Crippen LogP contribution in [0.5, 0.6) is 0 Å². The number of rotatable bonds is 4. The van der Waals surface area contributed by atoms with Crippen molar-refractivity contribution in [3.05, 3.63) is 16.0 Å². The monoisotopic (exact) mass is 337 g/mol. The Labute approximate surface area is 127 Å². The number of carbonyl (C=O) groups excluding carboxylic acids is 1. The Balaban J connectivity index is 2.21. The number of aromatic carboxylic acids is 1. The number of alkyl halides is 3. The first-order valence-electron chi connectivity index (χ1n) is 6.39. The molecule has 1 aromatic rings. The van der Waals surface area contributed by atoms with Crippen molar-refractivity contribution < 1.29 is 32.6 Å². The van der Waals surface area contributed by atoms with Crippen molar-refractivity contribution in [1.82, 2.24) is 0 Å². The molecule has 1 aliphatic carbocycles. The molecule has 2 rings (SSSR count). The van der Waals surface area contributed by atoms with Gasteiger partial charge in [-0.3, -0.25) is 4.79 Å². The third kappa shape index (κ3) is 3.09. The molecular formula is C13H14F3NO4S. The second kappa shape index (κ2) is 5.54. The third-order valence-corrected chi connectivity index (χ3v) is 4.68. The molecule has 0 bridgehead atoms. The summed E-state index contributed by atoms with van der Waals surface area (Å²) in [7, 11) is 0. The zero-order valence-electron chi connectivity index (χ0n) is 11.6. The smallest absolute Gasteiger partial charge is 0.411 e. The van der Waals surface area contributed by atoms with Crippen LogP contribution in [0, 0.1) is 5.41 Å². The van der Waals surface area contributed by atoms with Crippen LogP contribution in [0.2, 0.25) is 0 Å². The number of fused-ring (bicyclic) bond motifs is 1. The molecule has 5 nitrogen and oxygen atoms in total. The van der Waals surface area contributed by atoms with Crippen LogP contribution in [0.25, 0.3) is 0 Å². The minimum absolute atomic E-state index is 0.0336.